The maximum atomic E-state index is 8.71. The van der Waals surface area contributed by atoms with Gasteiger partial charge in [0.05, 0.1) is 13.2 Å². The molecule has 4 nitrogen and oxygen atoms in total. The Labute approximate surface area is 122 Å². The van der Waals surface area contributed by atoms with E-state index >= 15 is 0 Å². The Kier molecular flexibility index (Phi) is 9.92. The molecule has 0 aliphatic carbocycles. The summed E-state index contributed by atoms with van der Waals surface area (Å²) >= 11 is 0. The van der Waals surface area contributed by atoms with Crippen molar-refractivity contribution in [1.29, 1.82) is 0 Å². The second-order valence-corrected chi connectivity index (χ2v) is 4.76. The summed E-state index contributed by atoms with van der Waals surface area (Å²) in [5.41, 5.74) is 1.18. The van der Waals surface area contributed by atoms with Crippen molar-refractivity contribution in [2.24, 2.45) is 0 Å². The van der Waals surface area contributed by atoms with Gasteiger partial charge in [0.25, 0.3) is 0 Å². The lowest BCUT2D eigenvalue weighted by atomic mass is 10.2. The minimum atomic E-state index is 0.289. The van der Waals surface area contributed by atoms with E-state index in [2.05, 4.69) is 11.4 Å². The zero-order valence-electron chi connectivity index (χ0n) is 12.4. The summed E-state index contributed by atoms with van der Waals surface area (Å²) in [4.78, 5) is 0. The van der Waals surface area contributed by atoms with Crippen LogP contribution < -0.4 is 10.1 Å². The van der Waals surface area contributed by atoms with Gasteiger partial charge < -0.3 is 19.9 Å². The molecule has 114 valence electrons. The van der Waals surface area contributed by atoms with Gasteiger partial charge in [0.1, 0.15) is 5.75 Å². The van der Waals surface area contributed by atoms with Gasteiger partial charge in [-0.1, -0.05) is 24.6 Å². The van der Waals surface area contributed by atoms with Gasteiger partial charge in [0.15, 0.2) is 0 Å². The van der Waals surface area contributed by atoms with Crippen molar-refractivity contribution < 1.29 is 14.6 Å². The van der Waals surface area contributed by atoms with Crippen LogP contribution in [0.15, 0.2) is 24.3 Å². The third-order valence-corrected chi connectivity index (χ3v) is 3.08. The summed E-state index contributed by atoms with van der Waals surface area (Å²) in [6.45, 7) is 3.38. The van der Waals surface area contributed by atoms with Crippen LogP contribution in [0.1, 0.15) is 31.2 Å². The monoisotopic (exact) mass is 281 g/mol. The van der Waals surface area contributed by atoms with Crippen LogP contribution in [0, 0.1) is 0 Å². The Balaban J connectivity index is 2.26. The minimum absolute atomic E-state index is 0.289. The number of unbranched alkanes of at least 4 members (excludes halogenated alkanes) is 3. The maximum Gasteiger partial charge on any atom is 0.123 e. The van der Waals surface area contributed by atoms with Crippen molar-refractivity contribution in [3.05, 3.63) is 29.8 Å². The van der Waals surface area contributed by atoms with Gasteiger partial charge in [-0.15, -0.1) is 0 Å². The zero-order valence-corrected chi connectivity index (χ0v) is 12.4. The van der Waals surface area contributed by atoms with Crippen LogP contribution in [0.2, 0.25) is 0 Å². The van der Waals surface area contributed by atoms with Crippen molar-refractivity contribution in [2.75, 3.05) is 33.5 Å². The number of nitrogens with one attached hydrogen (secondary N) is 1. The Morgan fingerprint density at radius 1 is 1.05 bits per heavy atom. The molecule has 0 aliphatic rings. The molecule has 0 radical (unpaired) electrons. The lowest BCUT2D eigenvalue weighted by molar-refractivity contribution is 0.199. The highest BCUT2D eigenvalue weighted by Crippen LogP contribution is 2.18. The van der Waals surface area contributed by atoms with E-state index in [1.807, 2.05) is 18.2 Å². The molecule has 0 bridgehead atoms. The van der Waals surface area contributed by atoms with E-state index in [1.54, 1.807) is 7.11 Å². The first-order chi connectivity index (χ1) is 9.88. The zero-order chi connectivity index (χ0) is 14.5. The predicted octanol–water partition coefficient (Wildman–Crippen LogP) is 2.35. The third-order valence-electron chi connectivity index (χ3n) is 3.08. The molecule has 2 N–H and O–H groups in total. The van der Waals surface area contributed by atoms with Crippen molar-refractivity contribution in [3.8, 4) is 5.75 Å². The number of para-hydroxylation sites is 1. The molecule has 20 heavy (non-hydrogen) atoms. The number of ether oxygens (including phenoxy) is 2. The summed E-state index contributed by atoms with van der Waals surface area (Å²) in [5.74, 6) is 0.958. The van der Waals surface area contributed by atoms with E-state index in [1.165, 1.54) is 5.56 Å². The van der Waals surface area contributed by atoms with Gasteiger partial charge in [-0.3, -0.25) is 0 Å². The Morgan fingerprint density at radius 2 is 1.85 bits per heavy atom. The fourth-order valence-electron chi connectivity index (χ4n) is 1.94. The topological polar surface area (TPSA) is 50.7 Å². The van der Waals surface area contributed by atoms with Crippen LogP contribution in [0.25, 0.3) is 0 Å². The molecule has 0 amide bonds. The number of benzene rings is 1. The first kappa shape index (κ1) is 17.0. The summed E-state index contributed by atoms with van der Waals surface area (Å²) in [6.07, 6.45) is 4.10. The maximum absolute atomic E-state index is 8.71. The van der Waals surface area contributed by atoms with Crippen LogP contribution in [-0.4, -0.2) is 38.6 Å². The smallest absolute Gasteiger partial charge is 0.123 e. The molecule has 0 spiro atoms. The van der Waals surface area contributed by atoms with Crippen molar-refractivity contribution in [1.82, 2.24) is 5.32 Å². The average molecular weight is 281 g/mol. The van der Waals surface area contributed by atoms with Crippen LogP contribution in [0.4, 0.5) is 0 Å². The van der Waals surface area contributed by atoms with E-state index in [0.717, 1.165) is 51.1 Å². The molecular weight excluding hydrogens is 254 g/mol. The first-order valence-electron chi connectivity index (χ1n) is 7.39. The highest BCUT2D eigenvalue weighted by Gasteiger charge is 2.02. The summed E-state index contributed by atoms with van der Waals surface area (Å²) in [7, 11) is 1.70. The molecule has 1 aromatic carbocycles. The van der Waals surface area contributed by atoms with E-state index in [9.17, 15) is 0 Å². The van der Waals surface area contributed by atoms with Crippen LogP contribution in [-0.2, 0) is 11.3 Å². The molecule has 1 aromatic rings. The van der Waals surface area contributed by atoms with Crippen LogP contribution in [0.3, 0.4) is 0 Å². The first-order valence-corrected chi connectivity index (χ1v) is 7.39. The lowest BCUT2D eigenvalue weighted by Gasteiger charge is -2.12. The molecule has 0 saturated heterocycles. The van der Waals surface area contributed by atoms with E-state index < -0.39 is 0 Å². The molecule has 0 aromatic heterocycles. The fourth-order valence-corrected chi connectivity index (χ4v) is 1.94. The molecule has 4 heteroatoms. The highest BCUT2D eigenvalue weighted by atomic mass is 16.5. The Bertz CT molecular complexity index is 344. The number of hydrogen-bond donors (Lipinski definition) is 2. The molecule has 1 rings (SSSR count). The normalized spacial score (nSPS) is 10.7. The van der Waals surface area contributed by atoms with Crippen LogP contribution >= 0.6 is 0 Å². The number of methoxy groups -OCH3 is 1. The van der Waals surface area contributed by atoms with E-state index in [4.69, 9.17) is 14.6 Å². The summed E-state index contributed by atoms with van der Waals surface area (Å²) in [6, 6.07) is 8.13. The fraction of sp³-hybridized carbons (Fsp3) is 0.625. The predicted molar refractivity (Wildman–Crippen MR) is 81.1 cm³/mol. The van der Waals surface area contributed by atoms with Crippen LogP contribution in [0.5, 0.6) is 5.75 Å². The van der Waals surface area contributed by atoms with Crippen molar-refractivity contribution >= 4 is 0 Å². The Morgan fingerprint density at radius 3 is 2.65 bits per heavy atom. The second-order valence-electron chi connectivity index (χ2n) is 4.76. The quantitative estimate of drug-likeness (QED) is 0.577. The van der Waals surface area contributed by atoms with Gasteiger partial charge in [0.2, 0.25) is 0 Å². The number of aliphatic hydroxyl groups excluding tert-OH is 1. The minimum Gasteiger partial charge on any atom is -0.493 e. The van der Waals surface area contributed by atoms with E-state index in [0.29, 0.717) is 6.61 Å². The molecule has 0 atom stereocenters. The molecular formula is C16H27NO3. The standard InChI is InChI=1S/C16H27NO3/c1-19-13-10-17-14-15-8-4-5-9-16(15)20-12-7-3-2-6-11-18/h4-5,8-9,17-18H,2-3,6-7,10-14H2,1H3. The number of hydrogen-bond acceptors (Lipinski definition) is 4. The largest absolute Gasteiger partial charge is 0.493 e. The second kappa shape index (κ2) is 11.7. The Hall–Kier alpha value is -1.10. The number of rotatable bonds is 12. The molecule has 0 heterocycles. The van der Waals surface area contributed by atoms with Gasteiger partial charge in [-0.05, 0) is 25.3 Å². The third kappa shape index (κ3) is 7.48. The van der Waals surface area contributed by atoms with Crippen molar-refractivity contribution in [2.45, 2.75) is 32.2 Å². The van der Waals surface area contributed by atoms with Crippen molar-refractivity contribution in [3.63, 3.8) is 0 Å². The van der Waals surface area contributed by atoms with Gasteiger partial charge in [-0.25, -0.2) is 0 Å². The highest BCUT2D eigenvalue weighted by molar-refractivity contribution is 5.33. The molecule has 0 fully saturated rings. The molecule has 0 unspecified atom stereocenters. The SMILES string of the molecule is COCCNCc1ccccc1OCCCCCCO. The van der Waals surface area contributed by atoms with E-state index in [-0.39, 0.29) is 6.61 Å². The summed E-state index contributed by atoms with van der Waals surface area (Å²) < 4.78 is 10.9. The molecule has 0 saturated carbocycles. The lowest BCUT2D eigenvalue weighted by Crippen LogP contribution is -2.19. The average Bonchev–Trinajstić information content (AvgIpc) is 2.48. The number of aliphatic hydroxyl groups is 1. The van der Waals surface area contributed by atoms with Gasteiger partial charge in [0, 0.05) is 32.4 Å². The summed E-state index contributed by atoms with van der Waals surface area (Å²) in [5, 5.41) is 12.0. The van der Waals surface area contributed by atoms with Gasteiger partial charge in [-0.2, -0.15) is 0 Å². The van der Waals surface area contributed by atoms with Gasteiger partial charge >= 0.3 is 0 Å². The molecule has 0 aliphatic heterocycles.